The number of aliphatic hydroxyl groups is 1. The number of aliphatic hydroxyl groups excluding tert-OH is 1. The van der Waals surface area contributed by atoms with Crippen LogP contribution >= 0.6 is 0 Å². The summed E-state index contributed by atoms with van der Waals surface area (Å²) < 4.78 is 28.9. The molecule has 0 spiro atoms. The molecule has 138 valence electrons. The molecular formula is C17H24N2O5S. The van der Waals surface area contributed by atoms with E-state index in [-0.39, 0.29) is 36.7 Å². The van der Waals surface area contributed by atoms with Crippen molar-refractivity contribution in [1.29, 1.82) is 0 Å². The summed E-state index contributed by atoms with van der Waals surface area (Å²) in [7, 11) is -3.09. The molecule has 2 N–H and O–H groups in total. The van der Waals surface area contributed by atoms with Crippen LogP contribution in [0.3, 0.4) is 0 Å². The van der Waals surface area contributed by atoms with Gasteiger partial charge in [-0.2, -0.15) is 0 Å². The van der Waals surface area contributed by atoms with Gasteiger partial charge in [0, 0.05) is 19.1 Å². The van der Waals surface area contributed by atoms with Gasteiger partial charge in [0.2, 0.25) is 0 Å². The first-order valence-electron chi connectivity index (χ1n) is 8.59. The van der Waals surface area contributed by atoms with Gasteiger partial charge in [-0.05, 0) is 36.5 Å². The van der Waals surface area contributed by atoms with Crippen molar-refractivity contribution in [2.24, 2.45) is 0 Å². The number of hydrogen-bond donors (Lipinski definition) is 2. The fourth-order valence-electron chi connectivity index (χ4n) is 3.38. The molecule has 2 aliphatic heterocycles. The minimum absolute atomic E-state index is 0.0311. The van der Waals surface area contributed by atoms with Crippen molar-refractivity contribution in [3.05, 3.63) is 29.3 Å². The Morgan fingerprint density at radius 1 is 1.40 bits per heavy atom. The number of rotatable bonds is 5. The number of fused-ring (bicyclic) bond motifs is 1. The Bertz CT molecular complexity index is 735. The average Bonchev–Trinajstić information content (AvgIpc) is 2.97. The summed E-state index contributed by atoms with van der Waals surface area (Å²) in [5.41, 5.74) is 2.12. The minimum Gasteiger partial charge on any atom is -0.493 e. The first-order chi connectivity index (χ1) is 12.0. The van der Waals surface area contributed by atoms with E-state index in [9.17, 15) is 18.3 Å². The molecule has 3 rings (SSSR count). The summed E-state index contributed by atoms with van der Waals surface area (Å²) in [5.74, 6) is 0.966. The third-order valence-corrected chi connectivity index (χ3v) is 6.42. The third kappa shape index (κ3) is 4.43. The molecule has 1 atom stereocenters. The van der Waals surface area contributed by atoms with Gasteiger partial charge in [0.1, 0.15) is 5.75 Å². The summed E-state index contributed by atoms with van der Waals surface area (Å²) in [4.78, 5) is 13.9. The highest BCUT2D eigenvalue weighted by Crippen LogP contribution is 2.25. The largest absolute Gasteiger partial charge is 0.493 e. The van der Waals surface area contributed by atoms with Crippen molar-refractivity contribution < 1.29 is 23.1 Å². The van der Waals surface area contributed by atoms with Gasteiger partial charge in [-0.25, -0.2) is 13.2 Å². The van der Waals surface area contributed by atoms with Crippen molar-refractivity contribution in [2.45, 2.75) is 31.8 Å². The lowest BCUT2D eigenvalue weighted by Gasteiger charge is -2.27. The van der Waals surface area contributed by atoms with Crippen LogP contribution in [-0.2, 0) is 22.8 Å². The highest BCUT2D eigenvalue weighted by Gasteiger charge is 2.34. The second-order valence-electron chi connectivity index (χ2n) is 6.53. The second-order valence-corrected chi connectivity index (χ2v) is 8.76. The van der Waals surface area contributed by atoms with Gasteiger partial charge in [-0.15, -0.1) is 0 Å². The van der Waals surface area contributed by atoms with Gasteiger partial charge in [-0.1, -0.05) is 12.1 Å². The topological polar surface area (TPSA) is 95.9 Å². The Kier molecular flexibility index (Phi) is 5.48. The number of urea groups is 1. The van der Waals surface area contributed by atoms with Crippen LogP contribution in [0.1, 0.15) is 24.0 Å². The molecular weight excluding hydrogens is 344 g/mol. The van der Waals surface area contributed by atoms with Gasteiger partial charge in [-0.3, -0.25) is 0 Å². The smallest absolute Gasteiger partial charge is 0.318 e. The lowest BCUT2D eigenvalue weighted by atomic mass is 10.0. The van der Waals surface area contributed by atoms with E-state index >= 15 is 0 Å². The van der Waals surface area contributed by atoms with Gasteiger partial charge in [0.15, 0.2) is 9.84 Å². The summed E-state index contributed by atoms with van der Waals surface area (Å²) in [6, 6.07) is 5.16. The maximum absolute atomic E-state index is 12.5. The normalized spacial score (nSPS) is 21.2. The van der Waals surface area contributed by atoms with Crippen molar-refractivity contribution in [3.8, 4) is 5.75 Å². The zero-order chi connectivity index (χ0) is 17.9. The Labute approximate surface area is 147 Å². The molecule has 25 heavy (non-hydrogen) atoms. The van der Waals surface area contributed by atoms with Gasteiger partial charge < -0.3 is 20.1 Å². The van der Waals surface area contributed by atoms with Crippen LogP contribution in [0.25, 0.3) is 0 Å². The van der Waals surface area contributed by atoms with Gasteiger partial charge in [0.05, 0.1) is 24.7 Å². The predicted molar refractivity (Wildman–Crippen MR) is 93.3 cm³/mol. The van der Waals surface area contributed by atoms with Gasteiger partial charge in [0.25, 0.3) is 0 Å². The number of hydrogen-bond acceptors (Lipinski definition) is 5. The number of carbonyl (C=O) groups is 1. The van der Waals surface area contributed by atoms with Crippen molar-refractivity contribution in [1.82, 2.24) is 10.2 Å². The fraction of sp³-hybridized carbons (Fsp3) is 0.588. The average molecular weight is 368 g/mol. The van der Waals surface area contributed by atoms with E-state index in [1.165, 1.54) is 4.90 Å². The van der Waals surface area contributed by atoms with E-state index in [4.69, 9.17) is 4.74 Å². The molecule has 0 aromatic heterocycles. The van der Waals surface area contributed by atoms with Gasteiger partial charge >= 0.3 is 6.03 Å². The molecule has 0 bridgehead atoms. The van der Waals surface area contributed by atoms with Crippen LogP contribution in [0, 0.1) is 0 Å². The number of aryl methyl sites for hydroxylation is 1. The standard InChI is InChI=1S/C17H24N2O5S/c20-7-6-19(15-5-9-25(22,23)12-15)17(21)18-11-13-3-4-16-14(10-13)2-1-8-24-16/h3-4,10,15,20H,1-2,5-9,11-12H2,(H,18,21)/t15-/m1/s1. The fourth-order valence-corrected chi connectivity index (χ4v) is 5.11. The first kappa shape index (κ1) is 18.0. The van der Waals surface area contributed by atoms with Crippen LogP contribution < -0.4 is 10.1 Å². The molecule has 1 saturated heterocycles. The summed E-state index contributed by atoms with van der Waals surface area (Å²) in [6.45, 7) is 1.03. The monoisotopic (exact) mass is 368 g/mol. The lowest BCUT2D eigenvalue weighted by molar-refractivity contribution is 0.157. The predicted octanol–water partition coefficient (Wildman–Crippen LogP) is 0.703. The number of nitrogens with one attached hydrogen (secondary N) is 1. The Balaban J connectivity index is 1.61. The summed E-state index contributed by atoms with van der Waals surface area (Å²) in [5, 5.41) is 12.0. The Hall–Kier alpha value is -1.80. The zero-order valence-corrected chi connectivity index (χ0v) is 14.9. The van der Waals surface area contributed by atoms with E-state index in [1.54, 1.807) is 0 Å². The molecule has 0 saturated carbocycles. The van der Waals surface area contributed by atoms with Crippen LogP contribution in [-0.4, -0.2) is 61.8 Å². The molecule has 7 nitrogen and oxygen atoms in total. The lowest BCUT2D eigenvalue weighted by Crippen LogP contribution is -2.47. The molecule has 0 radical (unpaired) electrons. The quantitative estimate of drug-likeness (QED) is 0.798. The van der Waals surface area contributed by atoms with E-state index < -0.39 is 9.84 Å². The molecule has 2 amide bonds. The second kappa shape index (κ2) is 7.61. The first-order valence-corrected chi connectivity index (χ1v) is 10.4. The van der Waals surface area contributed by atoms with E-state index in [1.807, 2.05) is 18.2 Å². The van der Waals surface area contributed by atoms with Crippen molar-refractivity contribution in [3.63, 3.8) is 0 Å². The number of sulfone groups is 1. The van der Waals surface area contributed by atoms with E-state index in [0.29, 0.717) is 13.0 Å². The van der Waals surface area contributed by atoms with E-state index in [2.05, 4.69) is 5.32 Å². The van der Waals surface area contributed by atoms with Crippen LogP contribution in [0.2, 0.25) is 0 Å². The number of carbonyl (C=O) groups excluding carboxylic acids is 1. The summed E-state index contributed by atoms with van der Waals surface area (Å²) in [6.07, 6.45) is 2.38. The van der Waals surface area contributed by atoms with Crippen LogP contribution in [0.15, 0.2) is 18.2 Å². The molecule has 1 aromatic rings. The van der Waals surface area contributed by atoms with Crippen molar-refractivity contribution >= 4 is 15.9 Å². The van der Waals surface area contributed by atoms with E-state index in [0.717, 1.165) is 36.3 Å². The highest BCUT2D eigenvalue weighted by atomic mass is 32.2. The number of amides is 2. The third-order valence-electron chi connectivity index (χ3n) is 4.67. The van der Waals surface area contributed by atoms with Crippen molar-refractivity contribution in [2.75, 3.05) is 31.3 Å². The Morgan fingerprint density at radius 2 is 2.24 bits per heavy atom. The Morgan fingerprint density at radius 3 is 2.96 bits per heavy atom. The molecule has 2 aliphatic rings. The summed E-state index contributed by atoms with van der Waals surface area (Å²) >= 11 is 0. The molecule has 8 heteroatoms. The molecule has 1 fully saturated rings. The minimum atomic E-state index is -3.09. The molecule has 0 unspecified atom stereocenters. The highest BCUT2D eigenvalue weighted by molar-refractivity contribution is 7.91. The SMILES string of the molecule is O=C(NCc1ccc2c(c1)CCCO2)N(CCO)[C@@H]1CCS(=O)(=O)C1. The number of nitrogens with zero attached hydrogens (tertiary/aromatic N) is 1. The maximum atomic E-state index is 12.5. The number of ether oxygens (including phenoxy) is 1. The maximum Gasteiger partial charge on any atom is 0.318 e. The molecule has 1 aromatic carbocycles. The molecule has 0 aliphatic carbocycles. The van der Waals surface area contributed by atoms with Crippen LogP contribution in [0.5, 0.6) is 5.75 Å². The zero-order valence-electron chi connectivity index (χ0n) is 14.1. The molecule has 2 heterocycles. The van der Waals surface area contributed by atoms with Crippen LogP contribution in [0.4, 0.5) is 4.79 Å². The number of benzene rings is 1.